The standard InChI is InChI=1S/C17H22ClNO2/c1-2-15(21-16-11-7-6-10-14(16)18)17(20)19-12-13-8-4-3-5-9-13/h6-8,10-11,15H,2-5,9,12H2,1H3,(H,19,20). The van der Waals surface area contributed by atoms with E-state index in [2.05, 4.69) is 11.4 Å². The van der Waals surface area contributed by atoms with E-state index in [9.17, 15) is 4.79 Å². The number of allylic oxidation sites excluding steroid dienone is 1. The lowest BCUT2D eigenvalue weighted by atomic mass is 10.00. The highest BCUT2D eigenvalue weighted by Gasteiger charge is 2.19. The first-order chi connectivity index (χ1) is 10.2. The van der Waals surface area contributed by atoms with Crippen molar-refractivity contribution in [1.82, 2.24) is 5.32 Å². The topological polar surface area (TPSA) is 38.3 Å². The van der Waals surface area contributed by atoms with Crippen LogP contribution in [0, 0.1) is 0 Å². The van der Waals surface area contributed by atoms with Gasteiger partial charge in [0, 0.05) is 6.54 Å². The summed E-state index contributed by atoms with van der Waals surface area (Å²) >= 11 is 6.06. The zero-order chi connectivity index (χ0) is 15.1. The maximum atomic E-state index is 12.2. The van der Waals surface area contributed by atoms with Gasteiger partial charge in [0.1, 0.15) is 5.75 Å². The quantitative estimate of drug-likeness (QED) is 0.803. The zero-order valence-electron chi connectivity index (χ0n) is 12.4. The first-order valence-corrected chi connectivity index (χ1v) is 7.95. The van der Waals surface area contributed by atoms with Crippen LogP contribution in [0.25, 0.3) is 0 Å². The van der Waals surface area contributed by atoms with Crippen molar-refractivity contribution in [2.75, 3.05) is 6.54 Å². The minimum Gasteiger partial charge on any atom is -0.479 e. The first kappa shape index (κ1) is 15.9. The molecule has 0 fully saturated rings. The average molecular weight is 308 g/mol. The third kappa shape index (κ3) is 4.78. The maximum Gasteiger partial charge on any atom is 0.261 e. The molecule has 21 heavy (non-hydrogen) atoms. The molecule has 1 aromatic carbocycles. The van der Waals surface area contributed by atoms with Crippen LogP contribution in [-0.2, 0) is 4.79 Å². The summed E-state index contributed by atoms with van der Waals surface area (Å²) in [5.74, 6) is 0.474. The Morgan fingerprint density at radius 2 is 2.19 bits per heavy atom. The minimum absolute atomic E-state index is 0.0797. The third-order valence-electron chi connectivity index (χ3n) is 3.64. The normalized spacial score (nSPS) is 16.0. The van der Waals surface area contributed by atoms with Crippen molar-refractivity contribution < 1.29 is 9.53 Å². The number of nitrogens with one attached hydrogen (secondary N) is 1. The fraction of sp³-hybridized carbons (Fsp3) is 0.471. The summed E-state index contributed by atoms with van der Waals surface area (Å²) in [6.07, 6.45) is 7.02. The van der Waals surface area contributed by atoms with Crippen LogP contribution in [0.5, 0.6) is 5.75 Å². The number of ether oxygens (including phenoxy) is 1. The van der Waals surface area contributed by atoms with E-state index in [0.29, 0.717) is 23.7 Å². The summed E-state index contributed by atoms with van der Waals surface area (Å²) in [6, 6.07) is 7.22. The summed E-state index contributed by atoms with van der Waals surface area (Å²) in [5.41, 5.74) is 1.32. The first-order valence-electron chi connectivity index (χ1n) is 7.57. The molecule has 114 valence electrons. The van der Waals surface area contributed by atoms with Gasteiger partial charge in [-0.1, -0.05) is 42.3 Å². The number of amides is 1. The second-order valence-corrected chi connectivity index (χ2v) is 5.68. The van der Waals surface area contributed by atoms with Crippen LogP contribution in [0.1, 0.15) is 39.0 Å². The van der Waals surface area contributed by atoms with E-state index in [4.69, 9.17) is 16.3 Å². The zero-order valence-corrected chi connectivity index (χ0v) is 13.2. The fourth-order valence-corrected chi connectivity index (χ4v) is 2.58. The van der Waals surface area contributed by atoms with E-state index in [1.165, 1.54) is 18.4 Å². The van der Waals surface area contributed by atoms with Crippen LogP contribution in [0.4, 0.5) is 0 Å². The Morgan fingerprint density at radius 1 is 1.38 bits per heavy atom. The molecule has 0 aromatic heterocycles. The minimum atomic E-state index is -0.505. The van der Waals surface area contributed by atoms with Crippen molar-refractivity contribution in [3.8, 4) is 5.75 Å². The van der Waals surface area contributed by atoms with E-state index < -0.39 is 6.10 Å². The van der Waals surface area contributed by atoms with Gasteiger partial charge in [-0.25, -0.2) is 0 Å². The monoisotopic (exact) mass is 307 g/mol. The lowest BCUT2D eigenvalue weighted by Gasteiger charge is -2.19. The van der Waals surface area contributed by atoms with Crippen LogP contribution < -0.4 is 10.1 Å². The molecule has 0 saturated heterocycles. The number of carbonyl (C=O) groups is 1. The Hall–Kier alpha value is -1.48. The number of rotatable bonds is 6. The predicted molar refractivity (Wildman–Crippen MR) is 85.7 cm³/mol. The van der Waals surface area contributed by atoms with Crippen LogP contribution in [-0.4, -0.2) is 18.6 Å². The van der Waals surface area contributed by atoms with Crippen molar-refractivity contribution in [3.05, 3.63) is 40.9 Å². The largest absolute Gasteiger partial charge is 0.479 e. The van der Waals surface area contributed by atoms with Gasteiger partial charge < -0.3 is 10.1 Å². The highest BCUT2D eigenvalue weighted by molar-refractivity contribution is 6.32. The summed E-state index contributed by atoms with van der Waals surface area (Å²) in [4.78, 5) is 12.2. The predicted octanol–water partition coefficient (Wildman–Crippen LogP) is 4.11. The molecule has 0 heterocycles. The van der Waals surface area contributed by atoms with Gasteiger partial charge in [-0.2, -0.15) is 0 Å². The van der Waals surface area contributed by atoms with Crippen LogP contribution in [0.3, 0.4) is 0 Å². The molecule has 4 heteroatoms. The Labute approximate surface area is 131 Å². The van der Waals surface area contributed by atoms with E-state index in [-0.39, 0.29) is 5.91 Å². The average Bonchev–Trinajstić information content (AvgIpc) is 2.53. The molecular weight excluding hydrogens is 286 g/mol. The molecule has 0 bridgehead atoms. The molecule has 0 saturated carbocycles. The Bertz CT molecular complexity index is 513. The summed E-state index contributed by atoms with van der Waals surface area (Å²) in [6.45, 7) is 2.56. The number of carbonyl (C=O) groups excluding carboxylic acids is 1. The summed E-state index contributed by atoms with van der Waals surface area (Å²) in [7, 11) is 0. The van der Waals surface area contributed by atoms with Gasteiger partial charge in [0.25, 0.3) is 5.91 Å². The molecule has 1 unspecified atom stereocenters. The fourth-order valence-electron chi connectivity index (χ4n) is 2.40. The van der Waals surface area contributed by atoms with Crippen LogP contribution >= 0.6 is 11.6 Å². The second kappa shape index (κ2) is 8.08. The van der Waals surface area contributed by atoms with Gasteiger partial charge in [0.15, 0.2) is 6.10 Å². The highest BCUT2D eigenvalue weighted by Crippen LogP contribution is 2.25. The maximum absolute atomic E-state index is 12.2. The van der Waals surface area contributed by atoms with Crippen molar-refractivity contribution in [2.45, 2.75) is 45.1 Å². The molecule has 1 atom stereocenters. The summed E-state index contributed by atoms with van der Waals surface area (Å²) < 4.78 is 5.73. The summed E-state index contributed by atoms with van der Waals surface area (Å²) in [5, 5.41) is 3.49. The van der Waals surface area contributed by atoms with Gasteiger partial charge >= 0.3 is 0 Å². The number of halogens is 1. The molecule has 0 aliphatic heterocycles. The van der Waals surface area contributed by atoms with Crippen molar-refractivity contribution >= 4 is 17.5 Å². The van der Waals surface area contributed by atoms with E-state index in [1.54, 1.807) is 12.1 Å². The molecule has 1 N–H and O–H groups in total. The lowest BCUT2D eigenvalue weighted by molar-refractivity contribution is -0.127. The van der Waals surface area contributed by atoms with Crippen LogP contribution in [0.15, 0.2) is 35.9 Å². The molecule has 1 amide bonds. The van der Waals surface area contributed by atoms with E-state index in [1.807, 2.05) is 19.1 Å². The second-order valence-electron chi connectivity index (χ2n) is 5.27. The van der Waals surface area contributed by atoms with Gasteiger partial charge in [-0.3, -0.25) is 4.79 Å². The van der Waals surface area contributed by atoms with E-state index >= 15 is 0 Å². The van der Waals surface area contributed by atoms with Gasteiger partial charge in [0.2, 0.25) is 0 Å². The van der Waals surface area contributed by atoms with Gasteiger partial charge in [-0.15, -0.1) is 0 Å². The van der Waals surface area contributed by atoms with Crippen molar-refractivity contribution in [1.29, 1.82) is 0 Å². The molecule has 1 aliphatic carbocycles. The molecule has 3 nitrogen and oxygen atoms in total. The van der Waals surface area contributed by atoms with E-state index in [0.717, 1.165) is 12.8 Å². The Kier molecular flexibility index (Phi) is 6.12. The van der Waals surface area contributed by atoms with Crippen molar-refractivity contribution in [2.24, 2.45) is 0 Å². The Balaban J connectivity index is 1.89. The smallest absolute Gasteiger partial charge is 0.261 e. The van der Waals surface area contributed by atoms with Crippen molar-refractivity contribution in [3.63, 3.8) is 0 Å². The van der Waals surface area contributed by atoms with Gasteiger partial charge in [0.05, 0.1) is 5.02 Å². The molecule has 0 radical (unpaired) electrons. The number of benzene rings is 1. The number of para-hydroxylation sites is 1. The van der Waals surface area contributed by atoms with Gasteiger partial charge in [-0.05, 0) is 44.2 Å². The molecule has 1 aliphatic rings. The highest BCUT2D eigenvalue weighted by atomic mass is 35.5. The Morgan fingerprint density at radius 3 is 2.86 bits per heavy atom. The molecule has 2 rings (SSSR count). The SMILES string of the molecule is CCC(Oc1ccccc1Cl)C(=O)NCC1=CCCCC1. The number of hydrogen-bond donors (Lipinski definition) is 1. The lowest BCUT2D eigenvalue weighted by Crippen LogP contribution is -2.39. The third-order valence-corrected chi connectivity index (χ3v) is 3.96. The molecule has 0 spiro atoms. The molecular formula is C17H22ClNO2. The molecule has 1 aromatic rings. The van der Waals surface area contributed by atoms with Crippen LogP contribution in [0.2, 0.25) is 5.02 Å². The number of hydrogen-bond acceptors (Lipinski definition) is 2.